The van der Waals surface area contributed by atoms with Crippen LogP contribution in [-0.2, 0) is 0 Å². The fraction of sp³-hybridized carbons (Fsp3) is 0.667. The van der Waals surface area contributed by atoms with Crippen LogP contribution in [0.3, 0.4) is 0 Å². The molecule has 3 N–H and O–H groups in total. The molecule has 1 aromatic heterocycles. The van der Waals surface area contributed by atoms with Crippen LogP contribution < -0.4 is 11.1 Å². The monoisotopic (exact) mass is 294 g/mol. The maximum atomic E-state index is 5.54. The Bertz CT molecular complexity index is 395. The normalized spacial score (nSPS) is 10.4. The third kappa shape index (κ3) is 7.38. The van der Waals surface area contributed by atoms with Crippen LogP contribution in [0.15, 0.2) is 12.3 Å². The Kier molecular flexibility index (Phi) is 8.87. The molecule has 0 aliphatic heterocycles. The zero-order chi connectivity index (χ0) is 14.6. The van der Waals surface area contributed by atoms with E-state index in [1.165, 1.54) is 44.9 Å². The summed E-state index contributed by atoms with van der Waals surface area (Å²) in [5.74, 6) is 0.609. The first-order valence-electron chi connectivity index (χ1n) is 7.60. The van der Waals surface area contributed by atoms with Gasteiger partial charge in [-0.15, -0.1) is 0 Å². The van der Waals surface area contributed by atoms with E-state index in [0.717, 1.165) is 13.0 Å². The Morgan fingerprint density at radius 1 is 1.15 bits per heavy atom. The highest BCUT2D eigenvalue weighted by Crippen LogP contribution is 2.08. The van der Waals surface area contributed by atoms with E-state index in [1.807, 2.05) is 0 Å². The molecule has 112 valence electrons. The van der Waals surface area contributed by atoms with Crippen LogP contribution in [0.4, 0.5) is 5.95 Å². The first-order valence-corrected chi connectivity index (χ1v) is 8.01. The molecule has 0 aliphatic rings. The Hall–Kier alpha value is -1.23. The van der Waals surface area contributed by atoms with E-state index < -0.39 is 0 Å². The summed E-state index contributed by atoms with van der Waals surface area (Å²) in [6, 6.07) is 1.73. The van der Waals surface area contributed by atoms with Crippen molar-refractivity contribution in [1.82, 2.24) is 9.97 Å². The number of nitrogens with two attached hydrogens (primary N) is 1. The second-order valence-corrected chi connectivity index (χ2v) is 5.47. The van der Waals surface area contributed by atoms with Gasteiger partial charge in [0.05, 0.1) is 0 Å². The summed E-state index contributed by atoms with van der Waals surface area (Å²) in [5, 5.41) is 3.21. The van der Waals surface area contributed by atoms with Crippen molar-refractivity contribution < 1.29 is 0 Å². The van der Waals surface area contributed by atoms with E-state index in [1.54, 1.807) is 12.3 Å². The number of nitrogens with one attached hydrogen (secondary N) is 1. The quantitative estimate of drug-likeness (QED) is 0.481. The molecule has 5 heteroatoms. The van der Waals surface area contributed by atoms with Crippen LogP contribution in [0.2, 0.25) is 0 Å². The highest BCUT2D eigenvalue weighted by atomic mass is 32.1. The molecule has 0 radical (unpaired) electrons. The number of hydrogen-bond acceptors (Lipinski definition) is 4. The number of hydrogen-bond donors (Lipinski definition) is 2. The fourth-order valence-electron chi connectivity index (χ4n) is 2.04. The maximum absolute atomic E-state index is 5.54. The standard InChI is InChI=1S/C15H26N4S/c1-2-3-4-5-6-7-8-9-11-17-15-18-12-10-13(19-15)14(16)20/h10,12H,2-9,11H2,1H3,(H2,16,20)(H,17,18,19). The first-order chi connectivity index (χ1) is 9.74. The van der Waals surface area contributed by atoms with Crippen molar-refractivity contribution in [3.05, 3.63) is 18.0 Å². The molecule has 1 heterocycles. The summed E-state index contributed by atoms with van der Waals surface area (Å²) < 4.78 is 0. The van der Waals surface area contributed by atoms with Crippen molar-refractivity contribution in [3.63, 3.8) is 0 Å². The molecule has 0 atom stereocenters. The largest absolute Gasteiger partial charge is 0.388 e. The van der Waals surface area contributed by atoms with Gasteiger partial charge in [0, 0.05) is 12.7 Å². The Morgan fingerprint density at radius 2 is 1.80 bits per heavy atom. The van der Waals surface area contributed by atoms with Gasteiger partial charge in [0.1, 0.15) is 10.7 Å². The highest BCUT2D eigenvalue weighted by Gasteiger charge is 2.00. The predicted octanol–water partition coefficient (Wildman–Crippen LogP) is 3.66. The number of thiocarbonyl (C=S) groups is 1. The van der Waals surface area contributed by atoms with Crippen LogP contribution >= 0.6 is 12.2 Å². The third-order valence-corrected chi connectivity index (χ3v) is 3.43. The lowest BCUT2D eigenvalue weighted by molar-refractivity contribution is 0.581. The minimum absolute atomic E-state index is 0.308. The summed E-state index contributed by atoms with van der Waals surface area (Å²) in [7, 11) is 0. The van der Waals surface area contributed by atoms with Gasteiger partial charge in [0.15, 0.2) is 0 Å². The third-order valence-electron chi connectivity index (χ3n) is 3.22. The van der Waals surface area contributed by atoms with Gasteiger partial charge in [0.2, 0.25) is 5.95 Å². The molecular formula is C15H26N4S. The van der Waals surface area contributed by atoms with Crippen molar-refractivity contribution in [1.29, 1.82) is 0 Å². The molecule has 0 saturated carbocycles. The van der Waals surface area contributed by atoms with Gasteiger partial charge in [0.25, 0.3) is 0 Å². The van der Waals surface area contributed by atoms with Crippen LogP contribution in [0.1, 0.15) is 64.0 Å². The number of rotatable bonds is 11. The van der Waals surface area contributed by atoms with Crippen LogP contribution in [0.5, 0.6) is 0 Å². The Morgan fingerprint density at radius 3 is 2.45 bits per heavy atom. The van der Waals surface area contributed by atoms with Gasteiger partial charge < -0.3 is 11.1 Å². The van der Waals surface area contributed by atoms with E-state index >= 15 is 0 Å². The smallest absolute Gasteiger partial charge is 0.223 e. The molecule has 4 nitrogen and oxygen atoms in total. The van der Waals surface area contributed by atoms with Crippen molar-refractivity contribution in [3.8, 4) is 0 Å². The van der Waals surface area contributed by atoms with E-state index in [0.29, 0.717) is 16.6 Å². The average molecular weight is 294 g/mol. The highest BCUT2D eigenvalue weighted by molar-refractivity contribution is 7.80. The van der Waals surface area contributed by atoms with Crippen molar-refractivity contribution in [2.75, 3.05) is 11.9 Å². The summed E-state index contributed by atoms with van der Waals surface area (Å²) in [5.41, 5.74) is 6.16. The van der Waals surface area contributed by atoms with Crippen LogP contribution in [0, 0.1) is 0 Å². The molecule has 0 amide bonds. The summed E-state index contributed by atoms with van der Waals surface area (Å²) in [6.07, 6.45) is 12.2. The number of unbranched alkanes of at least 4 members (excludes halogenated alkanes) is 7. The van der Waals surface area contributed by atoms with Gasteiger partial charge in [-0.25, -0.2) is 9.97 Å². The predicted molar refractivity (Wildman–Crippen MR) is 89.0 cm³/mol. The van der Waals surface area contributed by atoms with Crippen LogP contribution in [-0.4, -0.2) is 21.5 Å². The van der Waals surface area contributed by atoms with E-state index in [2.05, 4.69) is 22.2 Å². The van der Waals surface area contributed by atoms with Gasteiger partial charge >= 0.3 is 0 Å². The molecule has 0 fully saturated rings. The minimum Gasteiger partial charge on any atom is -0.388 e. The van der Waals surface area contributed by atoms with E-state index in [4.69, 9.17) is 18.0 Å². The van der Waals surface area contributed by atoms with Crippen molar-refractivity contribution >= 4 is 23.2 Å². The summed E-state index contributed by atoms with van der Waals surface area (Å²) in [4.78, 5) is 8.71. The van der Waals surface area contributed by atoms with Gasteiger partial charge in [-0.3, -0.25) is 0 Å². The lowest BCUT2D eigenvalue weighted by Gasteiger charge is -2.06. The maximum Gasteiger partial charge on any atom is 0.223 e. The molecule has 0 aromatic carbocycles. The molecule has 0 bridgehead atoms. The van der Waals surface area contributed by atoms with Crippen LogP contribution in [0.25, 0.3) is 0 Å². The SMILES string of the molecule is CCCCCCCCCCNc1nccc(C(N)=S)n1. The lowest BCUT2D eigenvalue weighted by atomic mass is 10.1. The molecule has 0 spiro atoms. The molecular weight excluding hydrogens is 268 g/mol. The second-order valence-electron chi connectivity index (χ2n) is 5.03. The van der Waals surface area contributed by atoms with Gasteiger partial charge in [-0.2, -0.15) is 0 Å². The molecule has 1 rings (SSSR count). The molecule has 0 aliphatic carbocycles. The first kappa shape index (κ1) is 16.8. The Labute approximate surface area is 127 Å². The number of nitrogens with zero attached hydrogens (tertiary/aromatic N) is 2. The fourth-order valence-corrected chi connectivity index (χ4v) is 2.15. The summed E-state index contributed by atoms with van der Waals surface area (Å²) in [6.45, 7) is 3.15. The molecule has 20 heavy (non-hydrogen) atoms. The number of aromatic nitrogens is 2. The second kappa shape index (κ2) is 10.5. The van der Waals surface area contributed by atoms with Gasteiger partial charge in [-0.05, 0) is 12.5 Å². The molecule has 1 aromatic rings. The summed E-state index contributed by atoms with van der Waals surface area (Å²) >= 11 is 4.89. The van der Waals surface area contributed by atoms with Gasteiger partial charge in [-0.1, -0.05) is 64.1 Å². The van der Waals surface area contributed by atoms with Crippen molar-refractivity contribution in [2.45, 2.75) is 58.3 Å². The topological polar surface area (TPSA) is 63.8 Å². The number of anilines is 1. The average Bonchev–Trinajstić information content (AvgIpc) is 2.46. The molecule has 0 unspecified atom stereocenters. The Balaban J connectivity index is 2.06. The zero-order valence-corrected chi connectivity index (χ0v) is 13.2. The molecule has 0 saturated heterocycles. The zero-order valence-electron chi connectivity index (χ0n) is 12.4. The lowest BCUT2D eigenvalue weighted by Crippen LogP contribution is -2.14. The van der Waals surface area contributed by atoms with E-state index in [9.17, 15) is 0 Å². The van der Waals surface area contributed by atoms with E-state index in [-0.39, 0.29) is 0 Å². The van der Waals surface area contributed by atoms with Crippen molar-refractivity contribution in [2.24, 2.45) is 5.73 Å². The minimum atomic E-state index is 0.308.